The van der Waals surface area contributed by atoms with Crippen LogP contribution in [0.2, 0.25) is 5.02 Å². The van der Waals surface area contributed by atoms with E-state index in [1.807, 2.05) is 0 Å². The molecule has 3 aromatic rings. The predicted molar refractivity (Wildman–Crippen MR) is 120 cm³/mol. The van der Waals surface area contributed by atoms with Crippen molar-refractivity contribution in [3.63, 3.8) is 0 Å². The summed E-state index contributed by atoms with van der Waals surface area (Å²) in [6.45, 7) is 0. The smallest absolute Gasteiger partial charge is 0.339 e. The van der Waals surface area contributed by atoms with Crippen molar-refractivity contribution in [2.45, 2.75) is 4.90 Å². The quantitative estimate of drug-likeness (QED) is 0.220. The van der Waals surface area contributed by atoms with E-state index in [-0.39, 0.29) is 32.7 Å². The number of nitrogens with zero attached hydrogens (tertiary/aromatic N) is 2. The molecule has 0 atom stereocenters. The third-order valence-corrected chi connectivity index (χ3v) is 5.69. The van der Waals surface area contributed by atoms with Crippen LogP contribution in [0.4, 0.5) is 5.69 Å². The summed E-state index contributed by atoms with van der Waals surface area (Å²) in [5.74, 6) is -0.851. The normalized spacial score (nSPS) is 11.2. The number of rotatable bonds is 8. The molecule has 170 valence electrons. The van der Waals surface area contributed by atoms with E-state index in [1.54, 1.807) is 18.2 Å². The maximum Gasteiger partial charge on any atom is 0.339 e. The molecule has 0 radical (unpaired) electrons. The molecule has 0 heterocycles. The number of nitrogens with one attached hydrogen (secondary N) is 1. The highest BCUT2D eigenvalue weighted by atomic mass is 35.5. The highest BCUT2D eigenvalue weighted by molar-refractivity contribution is 7.87. The lowest BCUT2D eigenvalue weighted by molar-refractivity contribution is -0.384. The van der Waals surface area contributed by atoms with Crippen LogP contribution in [0.1, 0.15) is 15.9 Å². The van der Waals surface area contributed by atoms with Crippen molar-refractivity contribution in [3.8, 4) is 11.5 Å². The van der Waals surface area contributed by atoms with E-state index < -0.39 is 20.9 Å². The van der Waals surface area contributed by atoms with Gasteiger partial charge in [0.15, 0.2) is 5.75 Å². The Bertz CT molecular complexity index is 1330. The number of carbonyl (C=O) groups is 1. The predicted octanol–water partition coefficient (Wildman–Crippen LogP) is 3.79. The summed E-state index contributed by atoms with van der Waals surface area (Å²) in [5, 5.41) is 14.6. The van der Waals surface area contributed by atoms with Crippen molar-refractivity contribution >= 4 is 39.5 Å². The summed E-state index contributed by atoms with van der Waals surface area (Å²) >= 11 is 6.21. The van der Waals surface area contributed by atoms with Crippen molar-refractivity contribution in [2.75, 3.05) is 7.11 Å². The summed E-state index contributed by atoms with van der Waals surface area (Å²) in [7, 11) is -2.85. The van der Waals surface area contributed by atoms with Gasteiger partial charge in [-0.15, -0.1) is 0 Å². The van der Waals surface area contributed by atoms with Crippen LogP contribution < -0.4 is 14.3 Å². The fourth-order valence-corrected chi connectivity index (χ4v) is 3.91. The lowest BCUT2D eigenvalue weighted by Crippen LogP contribution is -2.17. The Morgan fingerprint density at radius 3 is 2.52 bits per heavy atom. The molecule has 12 heteroatoms. The van der Waals surface area contributed by atoms with Crippen LogP contribution in [0.15, 0.2) is 76.7 Å². The molecule has 0 saturated heterocycles. The Kier molecular flexibility index (Phi) is 7.26. The number of nitro benzene ring substituents is 1. The number of ether oxygens (including phenoxy) is 1. The van der Waals surface area contributed by atoms with E-state index in [9.17, 15) is 23.3 Å². The van der Waals surface area contributed by atoms with Gasteiger partial charge in [-0.1, -0.05) is 35.9 Å². The van der Waals surface area contributed by atoms with E-state index in [4.69, 9.17) is 20.5 Å². The van der Waals surface area contributed by atoms with Gasteiger partial charge in [-0.2, -0.15) is 13.5 Å². The molecule has 0 aliphatic carbocycles. The van der Waals surface area contributed by atoms with Crippen molar-refractivity contribution in [2.24, 2.45) is 5.10 Å². The number of methoxy groups -OCH3 is 1. The highest BCUT2D eigenvalue weighted by Gasteiger charge is 2.22. The van der Waals surface area contributed by atoms with E-state index in [0.717, 1.165) is 6.07 Å². The highest BCUT2D eigenvalue weighted by Crippen LogP contribution is 2.38. The number of hydrogen-bond acceptors (Lipinski definition) is 8. The van der Waals surface area contributed by atoms with E-state index >= 15 is 0 Å². The number of benzene rings is 3. The van der Waals surface area contributed by atoms with Crippen LogP contribution in [0.5, 0.6) is 11.5 Å². The Balaban J connectivity index is 1.78. The standard InChI is InChI=1S/C21H16ClN3O7S/c1-31-19-11-14(13-23-24-21(26)15-6-5-7-16(12-15)25(27)28)10-18(22)20(19)32-33(29,30)17-8-3-2-4-9-17/h2-13H,1H3,(H,24,26)/b23-13+. The summed E-state index contributed by atoms with van der Waals surface area (Å²) in [4.78, 5) is 22.3. The average molecular weight is 490 g/mol. The topological polar surface area (TPSA) is 137 Å². The van der Waals surface area contributed by atoms with Crippen LogP contribution in [-0.2, 0) is 10.1 Å². The number of carbonyl (C=O) groups excluding carboxylic acids is 1. The molecule has 0 saturated carbocycles. The molecule has 10 nitrogen and oxygen atoms in total. The number of nitro groups is 1. The van der Waals surface area contributed by atoms with Gasteiger partial charge in [0.25, 0.3) is 11.6 Å². The summed E-state index contributed by atoms with van der Waals surface area (Å²) in [5.41, 5.74) is 2.42. The maximum absolute atomic E-state index is 12.5. The number of hydrogen-bond donors (Lipinski definition) is 1. The molecule has 1 N–H and O–H groups in total. The molecular formula is C21H16ClN3O7S. The van der Waals surface area contributed by atoms with Crippen LogP contribution >= 0.6 is 11.6 Å². The molecular weight excluding hydrogens is 474 g/mol. The Morgan fingerprint density at radius 2 is 1.85 bits per heavy atom. The van der Waals surface area contributed by atoms with E-state index in [1.165, 1.54) is 55.8 Å². The maximum atomic E-state index is 12.5. The second-order valence-electron chi connectivity index (χ2n) is 6.39. The van der Waals surface area contributed by atoms with Gasteiger partial charge < -0.3 is 8.92 Å². The molecule has 1 amide bonds. The summed E-state index contributed by atoms with van der Waals surface area (Å²) in [6, 6.07) is 15.4. The third kappa shape index (κ3) is 5.84. The molecule has 3 rings (SSSR count). The molecule has 0 unspecified atom stereocenters. The zero-order valence-corrected chi connectivity index (χ0v) is 18.5. The molecule has 0 aromatic heterocycles. The molecule has 0 aliphatic rings. The number of halogens is 1. The molecule has 33 heavy (non-hydrogen) atoms. The van der Waals surface area contributed by atoms with Crippen LogP contribution in [0.3, 0.4) is 0 Å². The third-order valence-electron chi connectivity index (χ3n) is 4.18. The van der Waals surface area contributed by atoms with Gasteiger partial charge in [0.1, 0.15) is 4.90 Å². The zero-order valence-electron chi connectivity index (χ0n) is 17.0. The number of hydrazone groups is 1. The molecule has 0 bridgehead atoms. The second-order valence-corrected chi connectivity index (χ2v) is 8.34. The molecule has 3 aromatic carbocycles. The van der Waals surface area contributed by atoms with E-state index in [2.05, 4.69) is 10.5 Å². The minimum absolute atomic E-state index is 0.0217. The Hall–Kier alpha value is -3.96. The summed E-state index contributed by atoms with van der Waals surface area (Å²) < 4.78 is 35.4. The van der Waals surface area contributed by atoms with Crippen molar-refractivity contribution in [3.05, 3.63) is 93.0 Å². The second kappa shape index (κ2) is 10.1. The first-order chi connectivity index (χ1) is 15.7. The van der Waals surface area contributed by atoms with Crippen molar-refractivity contribution < 1.29 is 27.1 Å². The summed E-state index contributed by atoms with van der Waals surface area (Å²) in [6.07, 6.45) is 1.24. The van der Waals surface area contributed by atoms with Gasteiger partial charge >= 0.3 is 10.1 Å². The minimum atomic E-state index is -4.15. The Morgan fingerprint density at radius 1 is 1.12 bits per heavy atom. The van der Waals surface area contributed by atoms with Gasteiger partial charge in [-0.05, 0) is 35.9 Å². The van der Waals surface area contributed by atoms with Crippen LogP contribution in [-0.4, -0.2) is 32.6 Å². The average Bonchev–Trinajstić information content (AvgIpc) is 2.81. The zero-order chi connectivity index (χ0) is 24.0. The van der Waals surface area contributed by atoms with Crippen LogP contribution in [0.25, 0.3) is 0 Å². The lowest BCUT2D eigenvalue weighted by Gasteiger charge is -2.13. The first-order valence-corrected chi connectivity index (χ1v) is 10.9. The van der Waals surface area contributed by atoms with Crippen molar-refractivity contribution in [1.82, 2.24) is 5.43 Å². The van der Waals surface area contributed by atoms with Crippen LogP contribution in [0, 0.1) is 10.1 Å². The molecule has 0 aliphatic heterocycles. The fraction of sp³-hybridized carbons (Fsp3) is 0.0476. The van der Waals surface area contributed by atoms with Crippen molar-refractivity contribution in [1.29, 1.82) is 0 Å². The molecule has 0 spiro atoms. The molecule has 0 fully saturated rings. The van der Waals surface area contributed by atoms with Gasteiger partial charge in [0, 0.05) is 17.7 Å². The van der Waals surface area contributed by atoms with Gasteiger partial charge in [-0.3, -0.25) is 14.9 Å². The number of non-ortho nitro benzene ring substituents is 1. The number of amides is 1. The van der Waals surface area contributed by atoms with E-state index in [0.29, 0.717) is 5.56 Å². The first kappa shape index (κ1) is 23.7. The largest absolute Gasteiger partial charge is 0.493 e. The Labute approximate surface area is 193 Å². The van der Waals surface area contributed by atoms with Gasteiger partial charge in [-0.25, -0.2) is 5.43 Å². The SMILES string of the molecule is COc1cc(/C=N/NC(=O)c2cccc([N+](=O)[O-])c2)cc(Cl)c1OS(=O)(=O)c1ccccc1. The minimum Gasteiger partial charge on any atom is -0.493 e. The fourth-order valence-electron chi connectivity index (χ4n) is 2.63. The lowest BCUT2D eigenvalue weighted by atomic mass is 10.2. The first-order valence-electron chi connectivity index (χ1n) is 9.16. The van der Waals surface area contributed by atoms with Gasteiger partial charge in [0.05, 0.1) is 23.3 Å². The van der Waals surface area contributed by atoms with Gasteiger partial charge in [0.2, 0.25) is 5.75 Å². The monoisotopic (exact) mass is 489 g/mol.